The van der Waals surface area contributed by atoms with Crippen molar-refractivity contribution in [2.75, 3.05) is 31.1 Å². The van der Waals surface area contributed by atoms with Gasteiger partial charge in [0.1, 0.15) is 0 Å². The molecule has 0 saturated heterocycles. The molecule has 8 heteroatoms. The first-order chi connectivity index (χ1) is 19.3. The van der Waals surface area contributed by atoms with E-state index in [-0.39, 0.29) is 5.91 Å². The average Bonchev–Trinajstić information content (AvgIpc) is 3.18. The molecule has 1 aliphatic heterocycles. The molecule has 7 nitrogen and oxygen atoms in total. The number of halogens is 1. The van der Waals surface area contributed by atoms with Crippen molar-refractivity contribution in [1.29, 1.82) is 0 Å². The molecule has 2 aliphatic rings. The smallest absolute Gasteiger partial charge is 0.414 e. The normalized spacial score (nSPS) is 14.5. The number of carboxylic acids is 2. The summed E-state index contributed by atoms with van der Waals surface area (Å²) in [5.41, 5.74) is 7.42. The Kier molecular flexibility index (Phi) is 10.3. The molecule has 1 heterocycles. The molecule has 3 aromatic carbocycles. The Bertz CT molecular complexity index is 1300. The van der Waals surface area contributed by atoms with Crippen LogP contribution in [0.25, 0.3) is 0 Å². The van der Waals surface area contributed by atoms with Crippen molar-refractivity contribution >= 4 is 35.1 Å². The van der Waals surface area contributed by atoms with Gasteiger partial charge in [-0.2, -0.15) is 0 Å². The number of hydrogen-bond donors (Lipinski definition) is 2. The van der Waals surface area contributed by atoms with Crippen LogP contribution >= 0.6 is 11.6 Å². The van der Waals surface area contributed by atoms with Crippen molar-refractivity contribution in [2.24, 2.45) is 0 Å². The van der Waals surface area contributed by atoms with Crippen LogP contribution in [-0.4, -0.2) is 59.1 Å². The van der Waals surface area contributed by atoms with Crippen LogP contribution in [0.1, 0.15) is 51.9 Å². The fourth-order valence-corrected chi connectivity index (χ4v) is 5.51. The van der Waals surface area contributed by atoms with Gasteiger partial charge >= 0.3 is 11.9 Å². The minimum atomic E-state index is -1.82. The highest BCUT2D eigenvalue weighted by atomic mass is 35.5. The maximum atomic E-state index is 13.7. The van der Waals surface area contributed by atoms with Gasteiger partial charge in [0.15, 0.2) is 0 Å². The highest BCUT2D eigenvalue weighted by Crippen LogP contribution is 2.25. The number of carboxylic acid groups (broad SMARTS) is 2. The zero-order valence-corrected chi connectivity index (χ0v) is 23.3. The summed E-state index contributed by atoms with van der Waals surface area (Å²) in [6, 6.07) is 22.8. The zero-order valence-electron chi connectivity index (χ0n) is 22.5. The number of aliphatic carboxylic acids is 2. The zero-order chi connectivity index (χ0) is 28.5. The number of amides is 1. The number of carbonyl (C=O) groups is 3. The van der Waals surface area contributed by atoms with E-state index in [1.165, 1.54) is 35.1 Å². The fraction of sp³-hybridized carbons (Fsp3) is 0.344. The largest absolute Gasteiger partial charge is 0.473 e. The second-order valence-electron chi connectivity index (χ2n) is 10.2. The molecule has 210 valence electrons. The quantitative estimate of drug-likeness (QED) is 0.384. The van der Waals surface area contributed by atoms with Gasteiger partial charge in [0, 0.05) is 35.9 Å². The fourth-order valence-electron chi connectivity index (χ4n) is 5.38. The molecule has 1 amide bonds. The van der Waals surface area contributed by atoms with Gasteiger partial charge in [0.2, 0.25) is 0 Å². The molecule has 2 N–H and O–H groups in total. The van der Waals surface area contributed by atoms with Crippen molar-refractivity contribution in [2.45, 2.75) is 44.9 Å². The molecule has 5 rings (SSSR count). The molecular formula is C32H35ClN2O5. The van der Waals surface area contributed by atoms with Crippen molar-refractivity contribution < 1.29 is 24.6 Å². The van der Waals surface area contributed by atoms with E-state index in [1.807, 2.05) is 35.2 Å². The Morgan fingerprint density at radius 2 is 1.32 bits per heavy atom. The maximum Gasteiger partial charge on any atom is 0.414 e. The first-order valence-corrected chi connectivity index (χ1v) is 14.1. The molecule has 0 aromatic heterocycles. The van der Waals surface area contributed by atoms with Crippen LogP contribution in [0.15, 0.2) is 66.7 Å². The van der Waals surface area contributed by atoms with Crippen molar-refractivity contribution in [3.8, 4) is 0 Å². The predicted octanol–water partition coefficient (Wildman–Crippen LogP) is 5.51. The molecule has 40 heavy (non-hydrogen) atoms. The second kappa shape index (κ2) is 14.1. The lowest BCUT2D eigenvalue weighted by atomic mass is 9.90. The summed E-state index contributed by atoms with van der Waals surface area (Å²) in [7, 11) is 0. The Labute approximate surface area is 240 Å². The van der Waals surface area contributed by atoms with Crippen LogP contribution in [0.2, 0.25) is 5.02 Å². The molecule has 0 saturated carbocycles. The van der Waals surface area contributed by atoms with Crippen LogP contribution in [-0.2, 0) is 35.3 Å². The number of benzene rings is 3. The third kappa shape index (κ3) is 7.93. The molecule has 3 aromatic rings. The second-order valence-corrected chi connectivity index (χ2v) is 10.6. The number of rotatable bonds is 6. The predicted molar refractivity (Wildman–Crippen MR) is 156 cm³/mol. The standard InChI is InChI=1S/C30H33ClN2O.C2H2O4/c31-28-12-14-29(15-13-28)33(30(34)27-11-10-23-6-3-4-9-26(23)22-27)19-5-18-32-20-16-24-7-1-2-8-25(24)17-21-32;3-1(4)2(5)6/h1-2,7-8,10-15,22H,3-6,9,16-21H2;(H,3,4)(H,5,6). The molecule has 0 unspecified atom stereocenters. The summed E-state index contributed by atoms with van der Waals surface area (Å²) in [5.74, 6) is -3.57. The minimum Gasteiger partial charge on any atom is -0.473 e. The number of hydrogen-bond acceptors (Lipinski definition) is 4. The maximum absolute atomic E-state index is 13.7. The van der Waals surface area contributed by atoms with Crippen LogP contribution < -0.4 is 4.90 Å². The lowest BCUT2D eigenvalue weighted by Gasteiger charge is -2.26. The van der Waals surface area contributed by atoms with E-state index in [0.29, 0.717) is 11.6 Å². The third-order valence-corrected chi connectivity index (χ3v) is 7.78. The molecule has 1 aliphatic carbocycles. The van der Waals surface area contributed by atoms with Gasteiger partial charge in [-0.25, -0.2) is 9.59 Å². The third-order valence-electron chi connectivity index (χ3n) is 7.53. The summed E-state index contributed by atoms with van der Waals surface area (Å²) in [6.07, 6.45) is 7.81. The van der Waals surface area contributed by atoms with Gasteiger partial charge in [-0.1, -0.05) is 41.9 Å². The Morgan fingerprint density at radius 3 is 1.93 bits per heavy atom. The van der Waals surface area contributed by atoms with Gasteiger partial charge in [-0.05, 0) is 110 Å². The van der Waals surface area contributed by atoms with Gasteiger partial charge in [-0.3, -0.25) is 4.79 Å². The lowest BCUT2D eigenvalue weighted by molar-refractivity contribution is -0.159. The number of nitrogens with zero attached hydrogens (tertiary/aromatic N) is 2. The molecular weight excluding hydrogens is 528 g/mol. The average molecular weight is 563 g/mol. The number of fused-ring (bicyclic) bond motifs is 2. The van der Waals surface area contributed by atoms with E-state index in [9.17, 15) is 4.79 Å². The molecule has 0 atom stereocenters. The van der Waals surface area contributed by atoms with Crippen LogP contribution in [0.5, 0.6) is 0 Å². The molecule has 0 bridgehead atoms. The van der Waals surface area contributed by atoms with E-state index < -0.39 is 11.9 Å². The monoisotopic (exact) mass is 562 g/mol. The SMILES string of the molecule is O=C(O)C(=O)O.O=C(c1ccc2c(c1)CCCC2)N(CCCN1CCc2ccccc2CC1)c1ccc(Cl)cc1. The van der Waals surface area contributed by atoms with Crippen LogP contribution in [0.3, 0.4) is 0 Å². The summed E-state index contributed by atoms with van der Waals surface area (Å²) in [6.45, 7) is 3.85. The van der Waals surface area contributed by atoms with Gasteiger partial charge < -0.3 is 20.0 Å². The number of anilines is 1. The first kappa shape index (κ1) is 29.3. The van der Waals surface area contributed by atoms with E-state index in [0.717, 1.165) is 63.0 Å². The van der Waals surface area contributed by atoms with Crippen molar-refractivity contribution in [3.63, 3.8) is 0 Å². The Hall–Kier alpha value is -3.68. The summed E-state index contributed by atoms with van der Waals surface area (Å²) in [4.78, 5) is 36.4. The summed E-state index contributed by atoms with van der Waals surface area (Å²) in [5, 5.41) is 15.5. The van der Waals surface area contributed by atoms with Gasteiger partial charge in [0.05, 0.1) is 0 Å². The first-order valence-electron chi connectivity index (χ1n) is 13.8. The Morgan fingerprint density at radius 1 is 0.750 bits per heavy atom. The van der Waals surface area contributed by atoms with Crippen molar-refractivity contribution in [3.05, 3.63) is 99.6 Å². The highest BCUT2D eigenvalue weighted by molar-refractivity contribution is 6.30. The van der Waals surface area contributed by atoms with Gasteiger partial charge in [-0.15, -0.1) is 0 Å². The molecule has 0 spiro atoms. The number of carbonyl (C=O) groups excluding carboxylic acids is 1. The van der Waals surface area contributed by atoms with Crippen LogP contribution in [0.4, 0.5) is 5.69 Å². The van der Waals surface area contributed by atoms with Gasteiger partial charge in [0.25, 0.3) is 5.91 Å². The summed E-state index contributed by atoms with van der Waals surface area (Å²) >= 11 is 6.14. The highest BCUT2D eigenvalue weighted by Gasteiger charge is 2.21. The van der Waals surface area contributed by atoms with E-state index in [1.54, 1.807) is 0 Å². The summed E-state index contributed by atoms with van der Waals surface area (Å²) < 4.78 is 0. The molecule has 0 fully saturated rings. The minimum absolute atomic E-state index is 0.0824. The van der Waals surface area contributed by atoms with E-state index in [4.69, 9.17) is 31.4 Å². The number of aryl methyl sites for hydroxylation is 2. The van der Waals surface area contributed by atoms with E-state index >= 15 is 0 Å². The van der Waals surface area contributed by atoms with Crippen molar-refractivity contribution in [1.82, 2.24) is 4.90 Å². The topological polar surface area (TPSA) is 98.1 Å². The lowest BCUT2D eigenvalue weighted by Crippen LogP contribution is -2.35. The van der Waals surface area contributed by atoms with Crippen LogP contribution in [0, 0.1) is 0 Å². The Balaban J connectivity index is 0.000000557. The molecule has 0 radical (unpaired) electrons. The van der Waals surface area contributed by atoms with E-state index in [2.05, 4.69) is 41.3 Å².